The van der Waals surface area contributed by atoms with E-state index >= 15 is 0 Å². The summed E-state index contributed by atoms with van der Waals surface area (Å²) in [6.45, 7) is 5.26. The summed E-state index contributed by atoms with van der Waals surface area (Å²) in [5, 5.41) is 0. The third-order valence-electron chi connectivity index (χ3n) is 5.43. The fourth-order valence-corrected chi connectivity index (χ4v) is 3.42. The van der Waals surface area contributed by atoms with E-state index in [9.17, 15) is 9.59 Å². The molecule has 1 amide bonds. The topological polar surface area (TPSA) is 55.8 Å². The Hall–Kier alpha value is -2.82. The number of rotatable bonds is 6. The summed E-state index contributed by atoms with van der Waals surface area (Å²) in [6.07, 6.45) is 1.36. The summed E-state index contributed by atoms with van der Waals surface area (Å²) >= 11 is 0. The van der Waals surface area contributed by atoms with Gasteiger partial charge in [-0.1, -0.05) is 6.07 Å². The molecule has 148 valence electrons. The van der Waals surface area contributed by atoms with Crippen LogP contribution in [-0.2, 0) is 4.79 Å². The third kappa shape index (κ3) is 4.71. The van der Waals surface area contributed by atoms with Gasteiger partial charge in [-0.3, -0.25) is 9.59 Å². The number of hydrogen-bond donors (Lipinski definition) is 0. The van der Waals surface area contributed by atoms with E-state index in [1.807, 2.05) is 32.0 Å². The van der Waals surface area contributed by atoms with Crippen molar-refractivity contribution >= 4 is 11.7 Å². The minimum Gasteiger partial charge on any atom is -0.497 e. The van der Waals surface area contributed by atoms with Gasteiger partial charge in [-0.25, -0.2) is 0 Å². The minimum atomic E-state index is -0.0434. The number of carbonyl (C=O) groups is 2. The Morgan fingerprint density at radius 2 is 1.61 bits per heavy atom. The van der Waals surface area contributed by atoms with Crippen LogP contribution in [0, 0.1) is 19.8 Å². The summed E-state index contributed by atoms with van der Waals surface area (Å²) in [6, 6.07) is 13.0. The Morgan fingerprint density at radius 3 is 2.21 bits per heavy atom. The molecule has 1 fully saturated rings. The van der Waals surface area contributed by atoms with Crippen molar-refractivity contribution in [1.29, 1.82) is 0 Å². The van der Waals surface area contributed by atoms with Crippen molar-refractivity contribution < 1.29 is 19.1 Å². The quantitative estimate of drug-likeness (QED) is 0.714. The van der Waals surface area contributed by atoms with Gasteiger partial charge in [0.1, 0.15) is 11.5 Å². The van der Waals surface area contributed by atoms with Gasteiger partial charge in [0.2, 0.25) is 0 Å². The van der Waals surface area contributed by atoms with E-state index in [-0.39, 0.29) is 24.2 Å². The smallest absolute Gasteiger partial charge is 0.260 e. The van der Waals surface area contributed by atoms with Gasteiger partial charge in [-0.2, -0.15) is 0 Å². The average molecular weight is 381 g/mol. The lowest BCUT2D eigenvalue weighted by molar-refractivity contribution is -0.134. The molecule has 0 aromatic heterocycles. The van der Waals surface area contributed by atoms with Crippen molar-refractivity contribution in [3.05, 3.63) is 59.2 Å². The Bertz CT molecular complexity index is 836. The molecule has 2 aromatic carbocycles. The van der Waals surface area contributed by atoms with Crippen molar-refractivity contribution in [2.45, 2.75) is 26.7 Å². The second kappa shape index (κ2) is 8.91. The Kier molecular flexibility index (Phi) is 6.34. The molecule has 0 bridgehead atoms. The lowest BCUT2D eigenvalue weighted by atomic mass is 9.89. The van der Waals surface area contributed by atoms with Crippen LogP contribution in [0.4, 0.5) is 0 Å². The van der Waals surface area contributed by atoms with E-state index in [0.29, 0.717) is 37.2 Å². The van der Waals surface area contributed by atoms with Crippen LogP contribution in [0.3, 0.4) is 0 Å². The molecule has 1 aliphatic heterocycles. The van der Waals surface area contributed by atoms with Crippen LogP contribution >= 0.6 is 0 Å². The van der Waals surface area contributed by atoms with Crippen molar-refractivity contribution in [1.82, 2.24) is 4.90 Å². The van der Waals surface area contributed by atoms with E-state index < -0.39 is 0 Å². The first-order valence-electron chi connectivity index (χ1n) is 9.64. The minimum absolute atomic E-state index is 0.0274. The fourth-order valence-electron chi connectivity index (χ4n) is 3.42. The number of hydrogen-bond acceptors (Lipinski definition) is 4. The number of methoxy groups -OCH3 is 1. The monoisotopic (exact) mass is 381 g/mol. The van der Waals surface area contributed by atoms with Crippen LogP contribution in [0.1, 0.15) is 34.3 Å². The highest BCUT2D eigenvalue weighted by molar-refractivity contribution is 5.98. The molecule has 0 atom stereocenters. The molecule has 0 radical (unpaired) electrons. The van der Waals surface area contributed by atoms with Gasteiger partial charge in [-0.15, -0.1) is 0 Å². The van der Waals surface area contributed by atoms with E-state index in [1.54, 1.807) is 36.3 Å². The first-order valence-corrected chi connectivity index (χ1v) is 9.64. The van der Waals surface area contributed by atoms with Crippen molar-refractivity contribution in [3.63, 3.8) is 0 Å². The summed E-state index contributed by atoms with van der Waals surface area (Å²) in [5.41, 5.74) is 3.04. The molecular formula is C23H27NO4. The molecule has 0 aliphatic carbocycles. The van der Waals surface area contributed by atoms with Gasteiger partial charge in [0, 0.05) is 24.6 Å². The van der Waals surface area contributed by atoms with Crippen LogP contribution in [0.2, 0.25) is 0 Å². The third-order valence-corrected chi connectivity index (χ3v) is 5.43. The zero-order valence-corrected chi connectivity index (χ0v) is 16.7. The molecule has 1 saturated heterocycles. The van der Waals surface area contributed by atoms with Crippen molar-refractivity contribution in [2.24, 2.45) is 5.92 Å². The van der Waals surface area contributed by atoms with Crippen molar-refractivity contribution in [3.8, 4) is 11.5 Å². The van der Waals surface area contributed by atoms with Crippen LogP contribution in [0.25, 0.3) is 0 Å². The zero-order valence-electron chi connectivity index (χ0n) is 16.7. The van der Waals surface area contributed by atoms with E-state index in [4.69, 9.17) is 9.47 Å². The molecule has 1 aliphatic rings. The summed E-state index contributed by atoms with van der Waals surface area (Å²) < 4.78 is 10.8. The molecule has 2 aromatic rings. The van der Waals surface area contributed by atoms with Crippen LogP contribution < -0.4 is 9.47 Å². The van der Waals surface area contributed by atoms with Crippen molar-refractivity contribution in [2.75, 3.05) is 26.8 Å². The molecular weight excluding hydrogens is 354 g/mol. The molecule has 5 nitrogen and oxygen atoms in total. The predicted octanol–water partition coefficient (Wildman–Crippen LogP) is 3.81. The number of amides is 1. The molecule has 1 heterocycles. The lowest BCUT2D eigenvalue weighted by Crippen LogP contribution is -2.42. The summed E-state index contributed by atoms with van der Waals surface area (Å²) in [4.78, 5) is 26.9. The number of ketones is 1. The number of nitrogens with zero attached hydrogens (tertiary/aromatic N) is 1. The van der Waals surface area contributed by atoms with E-state index in [0.717, 1.165) is 11.3 Å². The predicted molar refractivity (Wildman–Crippen MR) is 108 cm³/mol. The maximum atomic E-state index is 12.7. The SMILES string of the molecule is COc1ccc(C(=O)C2CCN(C(=O)COc3ccc(C)c(C)c3)CC2)cc1. The van der Waals surface area contributed by atoms with Gasteiger partial charge in [0.25, 0.3) is 5.91 Å². The van der Waals surface area contributed by atoms with Crippen LogP contribution in [0.5, 0.6) is 11.5 Å². The molecule has 28 heavy (non-hydrogen) atoms. The first-order chi connectivity index (χ1) is 13.5. The summed E-state index contributed by atoms with van der Waals surface area (Å²) in [7, 11) is 1.60. The number of aryl methyl sites for hydroxylation is 2. The number of likely N-dealkylation sites (tertiary alicyclic amines) is 1. The second-order valence-electron chi connectivity index (χ2n) is 7.28. The van der Waals surface area contributed by atoms with Crippen LogP contribution in [0.15, 0.2) is 42.5 Å². The van der Waals surface area contributed by atoms with Gasteiger partial charge in [0.15, 0.2) is 12.4 Å². The highest BCUT2D eigenvalue weighted by Crippen LogP contribution is 2.23. The van der Waals surface area contributed by atoms with Gasteiger partial charge >= 0.3 is 0 Å². The molecule has 0 N–H and O–H groups in total. The number of benzene rings is 2. The van der Waals surface area contributed by atoms with E-state index in [1.165, 1.54) is 5.56 Å². The van der Waals surface area contributed by atoms with Gasteiger partial charge < -0.3 is 14.4 Å². The molecule has 5 heteroatoms. The highest BCUT2D eigenvalue weighted by Gasteiger charge is 2.28. The highest BCUT2D eigenvalue weighted by atomic mass is 16.5. The largest absolute Gasteiger partial charge is 0.497 e. The number of ether oxygens (including phenoxy) is 2. The summed E-state index contributed by atoms with van der Waals surface area (Å²) in [5.74, 6) is 1.51. The first kappa shape index (κ1) is 19.9. The van der Waals surface area contributed by atoms with Crippen LogP contribution in [-0.4, -0.2) is 43.4 Å². The molecule has 0 saturated carbocycles. The molecule has 0 unspecified atom stereocenters. The van der Waals surface area contributed by atoms with Gasteiger partial charge in [-0.05, 0) is 74.2 Å². The standard InChI is InChI=1S/C23H27NO4/c1-16-4-7-21(14-17(16)2)28-15-22(25)24-12-10-19(11-13-24)23(26)18-5-8-20(27-3)9-6-18/h4-9,14,19H,10-13,15H2,1-3H3. The maximum absolute atomic E-state index is 12.7. The Labute approximate surface area is 166 Å². The van der Waals surface area contributed by atoms with E-state index in [2.05, 4.69) is 0 Å². The zero-order chi connectivity index (χ0) is 20.1. The molecule has 3 rings (SSSR count). The fraction of sp³-hybridized carbons (Fsp3) is 0.391. The number of piperidine rings is 1. The number of carbonyl (C=O) groups excluding carboxylic acids is 2. The maximum Gasteiger partial charge on any atom is 0.260 e. The normalized spacial score (nSPS) is 14.6. The Morgan fingerprint density at radius 1 is 0.964 bits per heavy atom. The molecule has 0 spiro atoms. The second-order valence-corrected chi connectivity index (χ2v) is 7.28. The lowest BCUT2D eigenvalue weighted by Gasteiger charge is -2.31. The number of Topliss-reactive ketones (excluding diaryl/α,β-unsaturated/α-hetero) is 1. The van der Waals surface area contributed by atoms with Gasteiger partial charge in [0.05, 0.1) is 7.11 Å². The Balaban J connectivity index is 1.49. The average Bonchev–Trinajstić information content (AvgIpc) is 2.74.